The molecular weight excluding hydrogens is 452 g/mol. The molecule has 0 saturated heterocycles. The van der Waals surface area contributed by atoms with Crippen molar-refractivity contribution >= 4 is 29.1 Å². The summed E-state index contributed by atoms with van der Waals surface area (Å²) in [6.45, 7) is 10.9. The first-order valence-electron chi connectivity index (χ1n) is 10.8. The second kappa shape index (κ2) is 10.6. The monoisotopic (exact) mass is 480 g/mol. The van der Waals surface area contributed by atoms with Crippen LogP contribution in [0.2, 0.25) is 0 Å². The van der Waals surface area contributed by atoms with E-state index in [9.17, 15) is 14.9 Å². The smallest absolute Gasteiger partial charge is 0.269 e. The molecule has 1 aromatic heterocycles. The first kappa shape index (κ1) is 25.1. The number of nitrogens with one attached hydrogen (secondary N) is 1. The number of aromatic nitrogens is 3. The van der Waals surface area contributed by atoms with Gasteiger partial charge in [-0.2, -0.15) is 5.10 Å². The van der Waals surface area contributed by atoms with Crippen LogP contribution in [0.15, 0.2) is 58.8 Å². The number of hydrogen-bond acceptors (Lipinski definition) is 7. The number of non-ortho nitro benzene ring substituents is 1. The molecule has 0 aliphatic carbocycles. The van der Waals surface area contributed by atoms with Crippen LogP contribution in [0.25, 0.3) is 11.4 Å². The van der Waals surface area contributed by atoms with E-state index in [0.29, 0.717) is 23.0 Å². The van der Waals surface area contributed by atoms with Crippen molar-refractivity contribution < 1.29 is 9.72 Å². The molecule has 3 rings (SSSR count). The van der Waals surface area contributed by atoms with Crippen LogP contribution in [0.3, 0.4) is 0 Å². The fourth-order valence-corrected chi connectivity index (χ4v) is 4.01. The van der Waals surface area contributed by atoms with Gasteiger partial charge in [-0.05, 0) is 42.5 Å². The van der Waals surface area contributed by atoms with Gasteiger partial charge in [0.15, 0.2) is 11.0 Å². The summed E-state index contributed by atoms with van der Waals surface area (Å²) >= 11 is 1.29. The quantitative estimate of drug-likeness (QED) is 0.214. The number of thioether (sulfide) groups is 1. The van der Waals surface area contributed by atoms with Crippen molar-refractivity contribution in [2.45, 2.75) is 51.7 Å². The predicted octanol–water partition coefficient (Wildman–Crippen LogP) is 4.80. The standard InChI is InChI=1S/C24H28N6O3S/c1-6-29-22(18-7-11-19(12-8-18)24(3,4)5)27-28-23(29)34-15-21(31)26-25-16(2)17-9-13-20(14-10-17)30(32)33/h7-14H,6,15H2,1-5H3,(H,26,31). The van der Waals surface area contributed by atoms with Crippen molar-refractivity contribution in [2.75, 3.05) is 5.75 Å². The molecule has 0 fully saturated rings. The van der Waals surface area contributed by atoms with Crippen LogP contribution in [0.4, 0.5) is 5.69 Å². The number of nitrogens with zero attached hydrogens (tertiary/aromatic N) is 5. The maximum absolute atomic E-state index is 12.3. The number of nitro groups is 1. The Morgan fingerprint density at radius 2 is 1.76 bits per heavy atom. The Morgan fingerprint density at radius 3 is 2.32 bits per heavy atom. The van der Waals surface area contributed by atoms with Gasteiger partial charge < -0.3 is 4.57 Å². The zero-order chi connectivity index (χ0) is 24.9. The molecule has 2 aromatic carbocycles. The molecule has 178 valence electrons. The Labute approximate surface area is 202 Å². The number of benzene rings is 2. The normalized spacial score (nSPS) is 12.0. The van der Waals surface area contributed by atoms with E-state index in [4.69, 9.17) is 0 Å². The first-order chi connectivity index (χ1) is 16.1. The number of carbonyl (C=O) groups is 1. The average molecular weight is 481 g/mol. The third-order valence-corrected chi connectivity index (χ3v) is 6.19. The van der Waals surface area contributed by atoms with Crippen molar-refractivity contribution in [3.63, 3.8) is 0 Å². The minimum atomic E-state index is -0.462. The van der Waals surface area contributed by atoms with Gasteiger partial charge >= 0.3 is 0 Å². The Hall–Kier alpha value is -3.53. The predicted molar refractivity (Wildman–Crippen MR) is 134 cm³/mol. The van der Waals surface area contributed by atoms with Crippen LogP contribution in [0.5, 0.6) is 0 Å². The SMILES string of the molecule is CCn1c(SCC(=O)NN=C(C)c2ccc([N+](=O)[O-])cc2)nnc1-c1ccc(C(C)(C)C)cc1. The molecule has 0 radical (unpaired) electrons. The minimum Gasteiger partial charge on any atom is -0.302 e. The molecule has 0 unspecified atom stereocenters. The van der Waals surface area contributed by atoms with Crippen LogP contribution in [0, 0.1) is 10.1 Å². The minimum absolute atomic E-state index is 0.00142. The van der Waals surface area contributed by atoms with E-state index in [2.05, 4.69) is 53.6 Å². The molecule has 1 N–H and O–H groups in total. The molecule has 1 amide bonds. The van der Waals surface area contributed by atoms with E-state index in [-0.39, 0.29) is 22.8 Å². The van der Waals surface area contributed by atoms with Gasteiger partial charge in [-0.1, -0.05) is 56.8 Å². The summed E-state index contributed by atoms with van der Waals surface area (Å²) in [6, 6.07) is 14.3. The third-order valence-electron chi connectivity index (χ3n) is 5.22. The first-order valence-corrected chi connectivity index (χ1v) is 11.8. The molecule has 0 aliphatic heterocycles. The molecule has 1 heterocycles. The Kier molecular flexibility index (Phi) is 7.83. The fraction of sp³-hybridized carbons (Fsp3) is 0.333. The summed E-state index contributed by atoms with van der Waals surface area (Å²) in [5, 5.41) is 24.1. The highest BCUT2D eigenvalue weighted by molar-refractivity contribution is 7.99. The van der Waals surface area contributed by atoms with E-state index >= 15 is 0 Å². The largest absolute Gasteiger partial charge is 0.302 e. The van der Waals surface area contributed by atoms with Gasteiger partial charge in [0.2, 0.25) is 0 Å². The molecule has 3 aromatic rings. The Bertz CT molecular complexity index is 1190. The van der Waals surface area contributed by atoms with Gasteiger partial charge in [0.05, 0.1) is 16.4 Å². The summed E-state index contributed by atoms with van der Waals surface area (Å²) in [4.78, 5) is 22.6. The third kappa shape index (κ3) is 6.07. The van der Waals surface area contributed by atoms with Crippen LogP contribution in [0.1, 0.15) is 45.7 Å². The van der Waals surface area contributed by atoms with E-state index in [1.165, 1.54) is 29.5 Å². The maximum Gasteiger partial charge on any atom is 0.269 e. The Balaban J connectivity index is 1.63. The number of hydrogen-bond donors (Lipinski definition) is 1. The lowest BCUT2D eigenvalue weighted by molar-refractivity contribution is -0.384. The number of nitro benzene ring substituents is 1. The molecule has 0 spiro atoms. The lowest BCUT2D eigenvalue weighted by Crippen LogP contribution is -2.21. The van der Waals surface area contributed by atoms with E-state index in [0.717, 1.165) is 11.4 Å². The highest BCUT2D eigenvalue weighted by Gasteiger charge is 2.17. The summed E-state index contributed by atoms with van der Waals surface area (Å²) < 4.78 is 1.98. The number of carbonyl (C=O) groups excluding carboxylic acids is 1. The molecule has 0 aliphatic rings. The van der Waals surface area contributed by atoms with E-state index in [1.54, 1.807) is 19.1 Å². The van der Waals surface area contributed by atoms with Gasteiger partial charge in [-0.3, -0.25) is 14.9 Å². The van der Waals surface area contributed by atoms with Gasteiger partial charge in [-0.15, -0.1) is 10.2 Å². The molecule has 0 saturated carbocycles. The van der Waals surface area contributed by atoms with Crippen LogP contribution in [-0.4, -0.2) is 37.1 Å². The maximum atomic E-state index is 12.3. The number of rotatable bonds is 8. The Morgan fingerprint density at radius 1 is 1.12 bits per heavy atom. The van der Waals surface area contributed by atoms with E-state index in [1.807, 2.05) is 23.6 Å². The molecule has 0 bridgehead atoms. The van der Waals surface area contributed by atoms with Gasteiger partial charge in [0.1, 0.15) is 0 Å². The molecule has 10 heteroatoms. The number of hydrazone groups is 1. The molecule has 9 nitrogen and oxygen atoms in total. The topological polar surface area (TPSA) is 115 Å². The second-order valence-electron chi connectivity index (χ2n) is 8.70. The van der Waals surface area contributed by atoms with Crippen molar-refractivity contribution in [1.82, 2.24) is 20.2 Å². The molecular formula is C24H28N6O3S. The van der Waals surface area contributed by atoms with Gasteiger partial charge in [0.25, 0.3) is 11.6 Å². The van der Waals surface area contributed by atoms with Gasteiger partial charge in [0, 0.05) is 24.2 Å². The average Bonchev–Trinajstić information content (AvgIpc) is 3.23. The summed E-state index contributed by atoms with van der Waals surface area (Å²) in [6.07, 6.45) is 0. The van der Waals surface area contributed by atoms with Crippen LogP contribution >= 0.6 is 11.8 Å². The zero-order valence-electron chi connectivity index (χ0n) is 19.9. The van der Waals surface area contributed by atoms with Crippen molar-refractivity contribution in [2.24, 2.45) is 5.10 Å². The lowest BCUT2D eigenvalue weighted by Gasteiger charge is -2.19. The van der Waals surface area contributed by atoms with Gasteiger partial charge in [-0.25, -0.2) is 5.43 Å². The second-order valence-corrected chi connectivity index (χ2v) is 9.65. The highest BCUT2D eigenvalue weighted by atomic mass is 32.2. The van der Waals surface area contributed by atoms with Crippen molar-refractivity contribution in [3.8, 4) is 11.4 Å². The fourth-order valence-electron chi connectivity index (χ4n) is 3.21. The summed E-state index contributed by atoms with van der Waals surface area (Å²) in [7, 11) is 0. The lowest BCUT2D eigenvalue weighted by atomic mass is 9.87. The van der Waals surface area contributed by atoms with Crippen LogP contribution < -0.4 is 5.43 Å². The zero-order valence-corrected chi connectivity index (χ0v) is 20.7. The molecule has 34 heavy (non-hydrogen) atoms. The van der Waals surface area contributed by atoms with Crippen molar-refractivity contribution in [1.29, 1.82) is 0 Å². The van der Waals surface area contributed by atoms with Crippen molar-refractivity contribution in [3.05, 3.63) is 69.8 Å². The molecule has 0 atom stereocenters. The van der Waals surface area contributed by atoms with E-state index < -0.39 is 4.92 Å². The summed E-state index contributed by atoms with van der Waals surface area (Å²) in [5.41, 5.74) is 6.05. The summed E-state index contributed by atoms with van der Waals surface area (Å²) in [5.74, 6) is 0.601. The number of amides is 1. The highest BCUT2D eigenvalue weighted by Crippen LogP contribution is 2.27. The van der Waals surface area contributed by atoms with Crippen LogP contribution in [-0.2, 0) is 16.8 Å².